The molecular weight excluding hydrogens is 304 g/mol. The van der Waals surface area contributed by atoms with E-state index in [-0.39, 0.29) is 5.91 Å². The van der Waals surface area contributed by atoms with Gasteiger partial charge >= 0.3 is 0 Å². The third kappa shape index (κ3) is 4.53. The first-order chi connectivity index (χ1) is 9.15. The number of carbonyl (C=O) groups excluding carboxylic acids is 1. The maximum absolute atomic E-state index is 11.9. The van der Waals surface area contributed by atoms with E-state index in [1.165, 1.54) is 32.1 Å². The summed E-state index contributed by atoms with van der Waals surface area (Å²) in [6, 6.07) is 5.43. The number of rotatable bonds is 4. The number of nitrogen functional groups attached to an aromatic ring is 1. The third-order valence-electron chi connectivity index (χ3n) is 3.77. The number of halogens is 1. The molecule has 1 amide bonds. The molecule has 0 unspecified atom stereocenters. The summed E-state index contributed by atoms with van der Waals surface area (Å²) in [5, 5.41) is 2.94. The fourth-order valence-corrected chi connectivity index (χ4v) is 3.15. The van der Waals surface area contributed by atoms with Crippen LogP contribution in [0.1, 0.15) is 44.9 Å². The van der Waals surface area contributed by atoms with Gasteiger partial charge in [0, 0.05) is 16.6 Å². The van der Waals surface area contributed by atoms with Gasteiger partial charge in [0.25, 0.3) is 0 Å². The molecule has 0 bridgehead atoms. The minimum Gasteiger partial charge on any atom is -0.399 e. The van der Waals surface area contributed by atoms with Crippen LogP contribution in [-0.4, -0.2) is 5.91 Å². The van der Waals surface area contributed by atoms with E-state index in [0.29, 0.717) is 12.1 Å². The molecule has 1 aliphatic rings. The number of amides is 1. The first-order valence-corrected chi connectivity index (χ1v) is 7.79. The van der Waals surface area contributed by atoms with Crippen molar-refractivity contribution in [1.82, 2.24) is 0 Å². The van der Waals surface area contributed by atoms with Gasteiger partial charge in [0.15, 0.2) is 0 Å². The molecule has 0 spiro atoms. The first kappa shape index (κ1) is 14.4. The summed E-state index contributed by atoms with van der Waals surface area (Å²) < 4.78 is 0.832. The van der Waals surface area contributed by atoms with Crippen LogP contribution < -0.4 is 11.1 Å². The highest BCUT2D eigenvalue weighted by Crippen LogP contribution is 2.28. The maximum Gasteiger partial charge on any atom is 0.224 e. The van der Waals surface area contributed by atoms with Gasteiger partial charge in [0.05, 0.1) is 5.69 Å². The van der Waals surface area contributed by atoms with Crippen molar-refractivity contribution in [2.24, 2.45) is 5.92 Å². The van der Waals surface area contributed by atoms with Crippen LogP contribution in [-0.2, 0) is 4.79 Å². The van der Waals surface area contributed by atoms with Gasteiger partial charge in [0.1, 0.15) is 0 Å². The summed E-state index contributed by atoms with van der Waals surface area (Å²) in [6.07, 6.45) is 8.23. The molecule has 104 valence electrons. The summed E-state index contributed by atoms with van der Waals surface area (Å²) in [6.45, 7) is 0. The van der Waals surface area contributed by atoms with Gasteiger partial charge in [-0.05, 0) is 46.5 Å². The molecule has 3 nitrogen and oxygen atoms in total. The summed E-state index contributed by atoms with van der Waals surface area (Å²) in [7, 11) is 0. The van der Waals surface area contributed by atoms with Crippen molar-refractivity contribution < 1.29 is 4.79 Å². The van der Waals surface area contributed by atoms with E-state index in [1.807, 2.05) is 6.07 Å². The summed E-state index contributed by atoms with van der Waals surface area (Å²) in [5.74, 6) is 0.838. The molecule has 1 aromatic carbocycles. The third-order valence-corrected chi connectivity index (χ3v) is 4.43. The average molecular weight is 325 g/mol. The van der Waals surface area contributed by atoms with Crippen molar-refractivity contribution in [1.29, 1.82) is 0 Å². The van der Waals surface area contributed by atoms with Crippen molar-refractivity contribution in [3.8, 4) is 0 Å². The first-order valence-electron chi connectivity index (χ1n) is 7.00. The number of hydrogen-bond donors (Lipinski definition) is 2. The van der Waals surface area contributed by atoms with Gasteiger partial charge in [-0.1, -0.05) is 32.1 Å². The molecule has 0 aromatic heterocycles. The normalized spacial score (nSPS) is 16.3. The molecule has 2 rings (SSSR count). The standard InChI is InChI=1S/C15H21BrN2O/c16-13-10-12(17)7-8-14(13)18-15(19)9-6-11-4-2-1-3-5-11/h7-8,10-11H,1-6,9,17H2,(H,18,19). The minimum atomic E-state index is 0.0936. The fourth-order valence-electron chi connectivity index (χ4n) is 2.66. The lowest BCUT2D eigenvalue weighted by atomic mass is 9.86. The van der Waals surface area contributed by atoms with Crippen LogP contribution in [0.25, 0.3) is 0 Å². The molecule has 0 aliphatic heterocycles. The zero-order valence-corrected chi connectivity index (χ0v) is 12.7. The SMILES string of the molecule is Nc1ccc(NC(=O)CCC2CCCCC2)c(Br)c1. The van der Waals surface area contributed by atoms with Crippen LogP contribution in [0.3, 0.4) is 0 Å². The predicted molar refractivity (Wildman–Crippen MR) is 83.0 cm³/mol. The van der Waals surface area contributed by atoms with Crippen molar-refractivity contribution >= 4 is 33.2 Å². The Hall–Kier alpha value is -1.03. The molecule has 0 atom stereocenters. The predicted octanol–water partition coefficient (Wildman–Crippen LogP) is 4.33. The Morgan fingerprint density at radius 3 is 2.74 bits per heavy atom. The second-order valence-electron chi connectivity index (χ2n) is 5.33. The molecule has 0 heterocycles. The lowest BCUT2D eigenvalue weighted by molar-refractivity contribution is -0.116. The average Bonchev–Trinajstić information content (AvgIpc) is 2.41. The molecule has 1 fully saturated rings. The van der Waals surface area contributed by atoms with Crippen LogP contribution in [0.2, 0.25) is 0 Å². The number of hydrogen-bond acceptors (Lipinski definition) is 2. The largest absolute Gasteiger partial charge is 0.399 e. The van der Waals surface area contributed by atoms with Crippen LogP contribution in [0.15, 0.2) is 22.7 Å². The second-order valence-corrected chi connectivity index (χ2v) is 6.18. The van der Waals surface area contributed by atoms with E-state index in [1.54, 1.807) is 12.1 Å². The summed E-state index contributed by atoms with van der Waals surface area (Å²) >= 11 is 3.41. The molecule has 4 heteroatoms. The Labute approximate surface area is 123 Å². The Balaban J connectivity index is 1.80. The van der Waals surface area contributed by atoms with Gasteiger partial charge in [-0.3, -0.25) is 4.79 Å². The van der Waals surface area contributed by atoms with E-state index in [2.05, 4.69) is 21.2 Å². The Morgan fingerprint density at radius 1 is 1.32 bits per heavy atom. The molecular formula is C15H21BrN2O. The highest BCUT2D eigenvalue weighted by Gasteiger charge is 2.15. The molecule has 0 saturated heterocycles. The lowest BCUT2D eigenvalue weighted by Gasteiger charge is -2.21. The second kappa shape index (κ2) is 6.94. The zero-order chi connectivity index (χ0) is 13.7. The van der Waals surface area contributed by atoms with Crippen LogP contribution in [0.4, 0.5) is 11.4 Å². The van der Waals surface area contributed by atoms with Gasteiger partial charge in [-0.2, -0.15) is 0 Å². The van der Waals surface area contributed by atoms with Crippen molar-refractivity contribution in [3.05, 3.63) is 22.7 Å². The zero-order valence-electron chi connectivity index (χ0n) is 11.1. The number of carbonyl (C=O) groups is 1. The Kier molecular flexibility index (Phi) is 5.25. The number of benzene rings is 1. The Bertz CT molecular complexity index is 442. The van der Waals surface area contributed by atoms with Gasteiger partial charge in [-0.25, -0.2) is 0 Å². The summed E-state index contributed by atoms with van der Waals surface area (Å²) in [4.78, 5) is 11.9. The van der Waals surface area contributed by atoms with E-state index >= 15 is 0 Å². The van der Waals surface area contributed by atoms with E-state index in [4.69, 9.17) is 5.73 Å². The van der Waals surface area contributed by atoms with E-state index < -0.39 is 0 Å². The van der Waals surface area contributed by atoms with Crippen molar-refractivity contribution in [2.75, 3.05) is 11.1 Å². The Morgan fingerprint density at radius 2 is 2.05 bits per heavy atom. The van der Waals surface area contributed by atoms with E-state index in [0.717, 1.165) is 22.5 Å². The molecule has 1 aliphatic carbocycles. The molecule has 19 heavy (non-hydrogen) atoms. The molecule has 1 saturated carbocycles. The number of anilines is 2. The van der Waals surface area contributed by atoms with Crippen LogP contribution >= 0.6 is 15.9 Å². The summed E-state index contributed by atoms with van der Waals surface area (Å²) in [5.41, 5.74) is 7.15. The smallest absolute Gasteiger partial charge is 0.224 e. The fraction of sp³-hybridized carbons (Fsp3) is 0.533. The van der Waals surface area contributed by atoms with Gasteiger partial charge < -0.3 is 11.1 Å². The van der Waals surface area contributed by atoms with Gasteiger partial charge in [0.2, 0.25) is 5.91 Å². The van der Waals surface area contributed by atoms with Crippen molar-refractivity contribution in [2.45, 2.75) is 44.9 Å². The molecule has 1 aromatic rings. The number of nitrogens with one attached hydrogen (secondary N) is 1. The maximum atomic E-state index is 11.9. The van der Waals surface area contributed by atoms with Crippen molar-refractivity contribution in [3.63, 3.8) is 0 Å². The van der Waals surface area contributed by atoms with E-state index in [9.17, 15) is 4.79 Å². The molecule has 0 radical (unpaired) electrons. The van der Waals surface area contributed by atoms with Gasteiger partial charge in [-0.15, -0.1) is 0 Å². The lowest BCUT2D eigenvalue weighted by Crippen LogP contribution is -2.15. The quantitative estimate of drug-likeness (QED) is 0.810. The monoisotopic (exact) mass is 324 g/mol. The van der Waals surface area contributed by atoms with Crippen LogP contribution in [0, 0.1) is 5.92 Å². The topological polar surface area (TPSA) is 55.1 Å². The highest BCUT2D eigenvalue weighted by molar-refractivity contribution is 9.10. The highest BCUT2D eigenvalue weighted by atomic mass is 79.9. The molecule has 3 N–H and O–H groups in total. The number of nitrogens with two attached hydrogens (primary N) is 1. The van der Waals surface area contributed by atoms with Crippen LogP contribution in [0.5, 0.6) is 0 Å². The minimum absolute atomic E-state index is 0.0936.